The average molecular weight is 312 g/mol. The maximum Gasteiger partial charge on any atom is 0.238 e. The van der Waals surface area contributed by atoms with Gasteiger partial charge in [0, 0.05) is 13.2 Å². The molecule has 0 bridgehead atoms. The van der Waals surface area contributed by atoms with Gasteiger partial charge in [-0.2, -0.15) is 11.8 Å². The SMILES string of the molecule is CCS(=O)(=O)NC(CCSC)C(=O)NCC(C)CO. The third kappa shape index (κ3) is 8.46. The highest BCUT2D eigenvalue weighted by atomic mass is 32.2. The summed E-state index contributed by atoms with van der Waals surface area (Å²) in [6.45, 7) is 3.64. The predicted octanol–water partition coefficient (Wildman–Crippen LogP) is -0.208. The van der Waals surface area contributed by atoms with E-state index in [4.69, 9.17) is 5.11 Å². The lowest BCUT2D eigenvalue weighted by atomic mass is 10.2. The summed E-state index contributed by atoms with van der Waals surface area (Å²) in [6.07, 6.45) is 2.34. The van der Waals surface area contributed by atoms with Crippen LogP contribution in [0.4, 0.5) is 0 Å². The second-order valence-corrected chi connectivity index (χ2v) is 7.42. The van der Waals surface area contributed by atoms with E-state index in [-0.39, 0.29) is 24.2 Å². The van der Waals surface area contributed by atoms with Crippen molar-refractivity contribution in [1.29, 1.82) is 0 Å². The van der Waals surface area contributed by atoms with Crippen LogP contribution >= 0.6 is 11.8 Å². The van der Waals surface area contributed by atoms with Gasteiger partial charge in [-0.1, -0.05) is 6.92 Å². The summed E-state index contributed by atoms with van der Waals surface area (Å²) < 4.78 is 25.5. The second-order valence-electron chi connectivity index (χ2n) is 4.39. The molecule has 114 valence electrons. The first-order chi connectivity index (χ1) is 8.86. The van der Waals surface area contributed by atoms with Crippen LogP contribution in [-0.4, -0.2) is 56.4 Å². The predicted molar refractivity (Wildman–Crippen MR) is 78.6 cm³/mol. The summed E-state index contributed by atoms with van der Waals surface area (Å²) in [4.78, 5) is 11.9. The van der Waals surface area contributed by atoms with E-state index in [1.165, 1.54) is 6.92 Å². The van der Waals surface area contributed by atoms with Crippen molar-refractivity contribution in [1.82, 2.24) is 10.0 Å². The summed E-state index contributed by atoms with van der Waals surface area (Å²) in [7, 11) is -3.41. The molecule has 8 heteroatoms. The first-order valence-electron chi connectivity index (χ1n) is 6.23. The molecule has 0 aromatic carbocycles. The normalized spacial score (nSPS) is 14.9. The molecule has 6 nitrogen and oxygen atoms in total. The molecule has 0 aliphatic heterocycles. The molecule has 0 spiro atoms. The minimum absolute atomic E-state index is 0.0174. The molecule has 0 aromatic heterocycles. The third-order valence-electron chi connectivity index (χ3n) is 2.57. The monoisotopic (exact) mass is 312 g/mol. The first-order valence-corrected chi connectivity index (χ1v) is 9.28. The van der Waals surface area contributed by atoms with Crippen molar-refractivity contribution in [2.75, 3.05) is 30.9 Å². The molecular weight excluding hydrogens is 288 g/mol. The summed E-state index contributed by atoms with van der Waals surface area (Å²) in [5.74, 6) is 0.252. The Morgan fingerprint density at radius 2 is 2.05 bits per heavy atom. The number of hydrogen-bond acceptors (Lipinski definition) is 5. The van der Waals surface area contributed by atoms with Gasteiger partial charge in [-0.15, -0.1) is 0 Å². The molecule has 2 unspecified atom stereocenters. The Morgan fingerprint density at radius 1 is 1.42 bits per heavy atom. The van der Waals surface area contributed by atoms with Crippen LogP contribution < -0.4 is 10.0 Å². The Bertz CT molecular complexity index is 360. The molecule has 1 amide bonds. The molecule has 0 saturated carbocycles. The highest BCUT2D eigenvalue weighted by molar-refractivity contribution is 7.98. The zero-order valence-corrected chi connectivity index (χ0v) is 13.3. The van der Waals surface area contributed by atoms with Gasteiger partial charge in [0.2, 0.25) is 15.9 Å². The summed E-state index contributed by atoms with van der Waals surface area (Å²) >= 11 is 1.56. The topological polar surface area (TPSA) is 95.5 Å². The number of sulfonamides is 1. The smallest absolute Gasteiger partial charge is 0.238 e. The fourth-order valence-corrected chi connectivity index (χ4v) is 2.54. The number of aliphatic hydroxyl groups excluding tert-OH is 1. The van der Waals surface area contributed by atoms with Crippen LogP contribution in [-0.2, 0) is 14.8 Å². The number of carbonyl (C=O) groups is 1. The Labute approximate surface area is 119 Å². The lowest BCUT2D eigenvalue weighted by molar-refractivity contribution is -0.122. The minimum Gasteiger partial charge on any atom is -0.396 e. The van der Waals surface area contributed by atoms with Gasteiger partial charge >= 0.3 is 0 Å². The zero-order chi connectivity index (χ0) is 14.9. The molecule has 0 aliphatic rings. The lowest BCUT2D eigenvalue weighted by Crippen LogP contribution is -2.48. The largest absolute Gasteiger partial charge is 0.396 e. The average Bonchev–Trinajstić information content (AvgIpc) is 2.40. The van der Waals surface area contributed by atoms with Crippen LogP contribution in [0.1, 0.15) is 20.3 Å². The number of amides is 1. The molecule has 0 radical (unpaired) electrons. The van der Waals surface area contributed by atoms with Crippen LogP contribution in [0.3, 0.4) is 0 Å². The van der Waals surface area contributed by atoms with Gasteiger partial charge in [0.1, 0.15) is 6.04 Å². The van der Waals surface area contributed by atoms with E-state index in [0.717, 1.165) is 0 Å². The number of carbonyl (C=O) groups excluding carboxylic acids is 1. The van der Waals surface area contributed by atoms with Crippen LogP contribution in [0.25, 0.3) is 0 Å². The number of thioether (sulfide) groups is 1. The summed E-state index contributed by atoms with van der Waals surface area (Å²) in [6, 6.07) is -0.747. The van der Waals surface area contributed by atoms with Crippen LogP contribution in [0.2, 0.25) is 0 Å². The van der Waals surface area contributed by atoms with Crippen molar-refractivity contribution < 1.29 is 18.3 Å². The molecule has 0 heterocycles. The van der Waals surface area contributed by atoms with Gasteiger partial charge in [-0.05, 0) is 31.3 Å². The fourth-order valence-electron chi connectivity index (χ4n) is 1.24. The molecule has 0 aromatic rings. The van der Waals surface area contributed by atoms with E-state index in [0.29, 0.717) is 18.7 Å². The summed E-state index contributed by atoms with van der Waals surface area (Å²) in [5, 5.41) is 11.5. The molecule has 2 atom stereocenters. The maximum atomic E-state index is 11.9. The van der Waals surface area contributed by atoms with Crippen molar-refractivity contribution in [3.05, 3.63) is 0 Å². The van der Waals surface area contributed by atoms with Crippen LogP contribution in [0.5, 0.6) is 0 Å². The summed E-state index contributed by atoms with van der Waals surface area (Å²) in [5.41, 5.74) is 0. The fraction of sp³-hybridized carbons (Fsp3) is 0.909. The lowest BCUT2D eigenvalue weighted by Gasteiger charge is -2.18. The Hall–Kier alpha value is -0.310. The molecule has 19 heavy (non-hydrogen) atoms. The van der Waals surface area contributed by atoms with Gasteiger partial charge < -0.3 is 10.4 Å². The van der Waals surface area contributed by atoms with Gasteiger partial charge in [-0.25, -0.2) is 13.1 Å². The van der Waals surface area contributed by atoms with E-state index in [1.54, 1.807) is 18.7 Å². The van der Waals surface area contributed by atoms with Gasteiger partial charge in [0.05, 0.1) is 5.75 Å². The van der Waals surface area contributed by atoms with E-state index in [2.05, 4.69) is 10.0 Å². The third-order valence-corrected chi connectivity index (χ3v) is 4.61. The zero-order valence-electron chi connectivity index (χ0n) is 11.7. The van der Waals surface area contributed by atoms with Gasteiger partial charge in [-0.3, -0.25) is 4.79 Å². The molecule has 0 rings (SSSR count). The highest BCUT2D eigenvalue weighted by Gasteiger charge is 2.23. The van der Waals surface area contributed by atoms with Gasteiger partial charge in [0.15, 0.2) is 0 Å². The van der Waals surface area contributed by atoms with Crippen molar-refractivity contribution in [2.45, 2.75) is 26.3 Å². The van der Waals surface area contributed by atoms with E-state index < -0.39 is 16.1 Å². The van der Waals surface area contributed by atoms with E-state index >= 15 is 0 Å². The Kier molecular flexibility index (Phi) is 9.42. The minimum atomic E-state index is -3.41. The quantitative estimate of drug-likeness (QED) is 0.519. The number of rotatable bonds is 10. The standard InChI is InChI=1S/C11H24N2O4S2/c1-4-19(16,17)13-10(5-6-18-3)11(15)12-7-9(2)8-14/h9-10,13-14H,4-8H2,1-3H3,(H,12,15). The Balaban J connectivity index is 4.51. The van der Waals surface area contributed by atoms with Crippen LogP contribution in [0.15, 0.2) is 0 Å². The van der Waals surface area contributed by atoms with E-state index in [1.807, 2.05) is 6.26 Å². The highest BCUT2D eigenvalue weighted by Crippen LogP contribution is 2.03. The first kappa shape index (κ1) is 18.7. The second kappa shape index (κ2) is 9.57. The molecule has 3 N–H and O–H groups in total. The maximum absolute atomic E-state index is 11.9. The van der Waals surface area contributed by atoms with E-state index in [9.17, 15) is 13.2 Å². The molecular formula is C11H24N2O4S2. The van der Waals surface area contributed by atoms with Crippen molar-refractivity contribution >= 4 is 27.7 Å². The van der Waals surface area contributed by atoms with Crippen LogP contribution in [0, 0.1) is 5.92 Å². The van der Waals surface area contributed by atoms with Crippen molar-refractivity contribution in [3.63, 3.8) is 0 Å². The van der Waals surface area contributed by atoms with Crippen molar-refractivity contribution in [2.24, 2.45) is 5.92 Å². The molecule has 0 fully saturated rings. The van der Waals surface area contributed by atoms with Crippen molar-refractivity contribution in [3.8, 4) is 0 Å². The molecule has 0 saturated heterocycles. The number of nitrogens with one attached hydrogen (secondary N) is 2. The van der Waals surface area contributed by atoms with Gasteiger partial charge in [0.25, 0.3) is 0 Å². The number of hydrogen-bond donors (Lipinski definition) is 3. The number of aliphatic hydroxyl groups is 1. The molecule has 0 aliphatic carbocycles. The Morgan fingerprint density at radius 3 is 2.53 bits per heavy atom.